The van der Waals surface area contributed by atoms with Crippen LogP contribution in [0.15, 0.2) is 18.5 Å². The van der Waals surface area contributed by atoms with Crippen LogP contribution in [0.5, 0.6) is 0 Å². The summed E-state index contributed by atoms with van der Waals surface area (Å²) in [5.41, 5.74) is 0.971. The van der Waals surface area contributed by atoms with Gasteiger partial charge in [0.05, 0.1) is 19.2 Å². The monoisotopic (exact) mass is 264 g/mol. The first-order chi connectivity index (χ1) is 9.29. The number of ether oxygens (including phenoxy) is 2. The number of hydrogen-bond acceptors (Lipinski definition) is 4. The van der Waals surface area contributed by atoms with E-state index in [0.29, 0.717) is 13.0 Å². The molecule has 5 nitrogen and oxygen atoms in total. The molecule has 1 aliphatic rings. The predicted octanol–water partition coefficient (Wildman–Crippen LogP) is 2.55. The van der Waals surface area contributed by atoms with Gasteiger partial charge < -0.3 is 9.47 Å². The molecule has 2 rings (SSSR count). The molecule has 104 valence electrons. The maximum atomic E-state index is 11.2. The number of carbonyl (C=O) groups excluding carboxylic acids is 1. The van der Waals surface area contributed by atoms with Gasteiger partial charge in [-0.1, -0.05) is 12.2 Å². The highest BCUT2D eigenvalue weighted by molar-refractivity contribution is 5.72. The SMILES string of the molecule is CCOC(=O)CC=Cc1cnn([C@@H]2CCCCO2)c1. The third kappa shape index (κ3) is 4.21. The summed E-state index contributed by atoms with van der Waals surface area (Å²) in [6.45, 7) is 3.03. The van der Waals surface area contributed by atoms with Crippen LogP contribution in [0.4, 0.5) is 0 Å². The predicted molar refractivity (Wildman–Crippen MR) is 71.4 cm³/mol. The average molecular weight is 264 g/mol. The standard InChI is InChI=1S/C14H20N2O3/c1-2-18-14(17)8-5-6-12-10-15-16(11-12)13-7-3-4-9-19-13/h5-6,10-11,13H,2-4,7-9H2,1H3/t13-/m0/s1. The van der Waals surface area contributed by atoms with Crippen molar-refractivity contribution in [2.75, 3.05) is 13.2 Å². The van der Waals surface area contributed by atoms with E-state index < -0.39 is 0 Å². The van der Waals surface area contributed by atoms with E-state index in [1.165, 1.54) is 6.42 Å². The van der Waals surface area contributed by atoms with Gasteiger partial charge in [-0.3, -0.25) is 4.79 Å². The molecule has 0 amide bonds. The van der Waals surface area contributed by atoms with Crippen molar-refractivity contribution < 1.29 is 14.3 Å². The number of carbonyl (C=O) groups is 1. The summed E-state index contributed by atoms with van der Waals surface area (Å²) >= 11 is 0. The molecule has 1 fully saturated rings. The molecular weight excluding hydrogens is 244 g/mol. The third-order valence-corrected chi connectivity index (χ3v) is 2.97. The van der Waals surface area contributed by atoms with Crippen molar-refractivity contribution >= 4 is 12.0 Å². The van der Waals surface area contributed by atoms with Crippen LogP contribution >= 0.6 is 0 Å². The lowest BCUT2D eigenvalue weighted by atomic mass is 10.2. The molecule has 0 unspecified atom stereocenters. The van der Waals surface area contributed by atoms with Gasteiger partial charge in [-0.15, -0.1) is 0 Å². The first kappa shape index (κ1) is 13.8. The van der Waals surface area contributed by atoms with Gasteiger partial charge in [0.2, 0.25) is 0 Å². The van der Waals surface area contributed by atoms with Crippen molar-refractivity contribution in [2.45, 2.75) is 38.8 Å². The molecule has 19 heavy (non-hydrogen) atoms. The van der Waals surface area contributed by atoms with Gasteiger partial charge in [-0.25, -0.2) is 4.68 Å². The van der Waals surface area contributed by atoms with Crippen LogP contribution in [0.1, 0.15) is 44.4 Å². The van der Waals surface area contributed by atoms with Crippen LogP contribution in [-0.2, 0) is 14.3 Å². The Kier molecular flexibility index (Phi) is 5.15. The fourth-order valence-electron chi connectivity index (χ4n) is 2.04. The molecule has 0 saturated carbocycles. The Balaban J connectivity index is 1.86. The fraction of sp³-hybridized carbons (Fsp3) is 0.571. The first-order valence-electron chi connectivity index (χ1n) is 6.77. The van der Waals surface area contributed by atoms with E-state index in [2.05, 4.69) is 5.10 Å². The Bertz CT molecular complexity index is 434. The second-order valence-corrected chi connectivity index (χ2v) is 4.49. The molecule has 0 radical (unpaired) electrons. The molecule has 1 aromatic rings. The lowest BCUT2D eigenvalue weighted by molar-refractivity contribution is -0.142. The lowest BCUT2D eigenvalue weighted by Gasteiger charge is -2.22. The Hall–Kier alpha value is -1.62. The third-order valence-electron chi connectivity index (χ3n) is 2.97. The Labute approximate surface area is 113 Å². The second kappa shape index (κ2) is 7.09. The minimum Gasteiger partial charge on any atom is -0.466 e. The largest absolute Gasteiger partial charge is 0.466 e. The number of nitrogens with zero attached hydrogens (tertiary/aromatic N) is 2. The topological polar surface area (TPSA) is 53.3 Å². The average Bonchev–Trinajstić information content (AvgIpc) is 2.89. The summed E-state index contributed by atoms with van der Waals surface area (Å²) in [5, 5.41) is 4.30. The zero-order valence-electron chi connectivity index (χ0n) is 11.2. The molecule has 1 atom stereocenters. The van der Waals surface area contributed by atoms with Gasteiger partial charge in [-0.2, -0.15) is 5.10 Å². The number of esters is 1. The van der Waals surface area contributed by atoms with E-state index in [9.17, 15) is 4.79 Å². The molecule has 0 bridgehead atoms. The molecule has 0 aromatic carbocycles. The van der Waals surface area contributed by atoms with E-state index in [1.54, 1.807) is 19.2 Å². The minimum absolute atomic E-state index is 0.0564. The highest BCUT2D eigenvalue weighted by atomic mass is 16.5. The van der Waals surface area contributed by atoms with E-state index >= 15 is 0 Å². The van der Waals surface area contributed by atoms with E-state index in [1.807, 2.05) is 17.0 Å². The fourth-order valence-corrected chi connectivity index (χ4v) is 2.04. The van der Waals surface area contributed by atoms with Crippen molar-refractivity contribution in [1.82, 2.24) is 9.78 Å². The van der Waals surface area contributed by atoms with Crippen LogP contribution in [0.3, 0.4) is 0 Å². The molecule has 1 saturated heterocycles. The van der Waals surface area contributed by atoms with Crippen LogP contribution in [-0.4, -0.2) is 29.0 Å². The van der Waals surface area contributed by atoms with Gasteiger partial charge in [0, 0.05) is 18.4 Å². The summed E-state index contributed by atoms with van der Waals surface area (Å²) in [5.74, 6) is -0.207. The number of hydrogen-bond donors (Lipinski definition) is 0. The van der Waals surface area contributed by atoms with Crippen LogP contribution in [0.2, 0.25) is 0 Å². The summed E-state index contributed by atoms with van der Waals surface area (Å²) < 4.78 is 12.4. The Morgan fingerprint density at radius 2 is 2.53 bits per heavy atom. The Morgan fingerprint density at radius 3 is 3.26 bits per heavy atom. The maximum absolute atomic E-state index is 11.2. The quantitative estimate of drug-likeness (QED) is 0.767. The van der Waals surface area contributed by atoms with Crippen LogP contribution in [0, 0.1) is 0 Å². The molecule has 0 aliphatic carbocycles. The summed E-state index contributed by atoms with van der Waals surface area (Å²) in [7, 11) is 0. The molecule has 0 spiro atoms. The summed E-state index contributed by atoms with van der Waals surface area (Å²) in [6.07, 6.45) is 11.1. The van der Waals surface area contributed by atoms with Crippen molar-refractivity contribution in [2.24, 2.45) is 0 Å². The summed E-state index contributed by atoms with van der Waals surface area (Å²) in [6, 6.07) is 0. The van der Waals surface area contributed by atoms with Gasteiger partial charge >= 0.3 is 5.97 Å². The van der Waals surface area contributed by atoms with Crippen LogP contribution < -0.4 is 0 Å². The smallest absolute Gasteiger partial charge is 0.309 e. The second-order valence-electron chi connectivity index (χ2n) is 4.49. The van der Waals surface area contributed by atoms with Crippen molar-refractivity contribution in [1.29, 1.82) is 0 Å². The lowest BCUT2D eigenvalue weighted by Crippen LogP contribution is -2.18. The van der Waals surface area contributed by atoms with E-state index in [-0.39, 0.29) is 12.2 Å². The number of rotatable bonds is 5. The van der Waals surface area contributed by atoms with E-state index in [0.717, 1.165) is 25.0 Å². The minimum atomic E-state index is -0.207. The number of aromatic nitrogens is 2. The zero-order valence-corrected chi connectivity index (χ0v) is 11.2. The molecular formula is C14H20N2O3. The molecule has 0 N–H and O–H groups in total. The molecule has 5 heteroatoms. The maximum Gasteiger partial charge on any atom is 0.309 e. The normalized spacial score (nSPS) is 19.7. The molecule has 1 aromatic heterocycles. The van der Waals surface area contributed by atoms with Crippen molar-refractivity contribution in [3.63, 3.8) is 0 Å². The zero-order chi connectivity index (χ0) is 13.5. The van der Waals surface area contributed by atoms with Crippen molar-refractivity contribution in [3.05, 3.63) is 24.0 Å². The van der Waals surface area contributed by atoms with Gasteiger partial charge in [0.1, 0.15) is 6.23 Å². The summed E-state index contributed by atoms with van der Waals surface area (Å²) in [4.78, 5) is 11.2. The first-order valence-corrected chi connectivity index (χ1v) is 6.77. The van der Waals surface area contributed by atoms with Gasteiger partial charge in [-0.05, 0) is 26.2 Å². The van der Waals surface area contributed by atoms with Crippen molar-refractivity contribution in [3.8, 4) is 0 Å². The highest BCUT2D eigenvalue weighted by Gasteiger charge is 2.15. The molecule has 1 aliphatic heterocycles. The van der Waals surface area contributed by atoms with Gasteiger partial charge in [0.25, 0.3) is 0 Å². The van der Waals surface area contributed by atoms with E-state index in [4.69, 9.17) is 9.47 Å². The molecule has 2 heterocycles. The van der Waals surface area contributed by atoms with Crippen LogP contribution in [0.25, 0.3) is 6.08 Å². The van der Waals surface area contributed by atoms with Gasteiger partial charge in [0.15, 0.2) is 0 Å². The highest BCUT2D eigenvalue weighted by Crippen LogP contribution is 2.22. The Morgan fingerprint density at radius 1 is 1.63 bits per heavy atom.